The molecule has 2 aromatic carbocycles. The van der Waals surface area contributed by atoms with E-state index in [0.29, 0.717) is 10.0 Å². The second-order valence-corrected chi connectivity index (χ2v) is 5.30. The molecule has 0 saturated carbocycles. The average molecular weight is 298 g/mol. The first kappa shape index (κ1) is 14.3. The summed E-state index contributed by atoms with van der Waals surface area (Å²) in [4.78, 5) is 0. The fraction of sp³-hybridized carbons (Fsp3) is 0.200. The van der Waals surface area contributed by atoms with Gasteiger partial charge in [0.25, 0.3) is 0 Å². The minimum absolute atomic E-state index is 0.146. The van der Waals surface area contributed by atoms with E-state index in [1.807, 2.05) is 26.1 Å². The molecule has 0 aromatic heterocycles. The topological polar surface area (TPSA) is 12.0 Å². The van der Waals surface area contributed by atoms with Crippen LogP contribution in [0.3, 0.4) is 0 Å². The summed E-state index contributed by atoms with van der Waals surface area (Å²) in [6.07, 6.45) is 0. The van der Waals surface area contributed by atoms with Crippen molar-refractivity contribution in [2.75, 3.05) is 7.05 Å². The van der Waals surface area contributed by atoms with E-state index in [1.165, 1.54) is 12.1 Å². The van der Waals surface area contributed by atoms with Crippen molar-refractivity contribution < 1.29 is 4.39 Å². The Kier molecular flexibility index (Phi) is 4.46. The van der Waals surface area contributed by atoms with Crippen molar-refractivity contribution in [2.45, 2.75) is 13.0 Å². The van der Waals surface area contributed by atoms with Gasteiger partial charge in [0.15, 0.2) is 0 Å². The smallest absolute Gasteiger partial charge is 0.123 e. The van der Waals surface area contributed by atoms with Gasteiger partial charge in [-0.15, -0.1) is 0 Å². The first-order valence-corrected chi connectivity index (χ1v) is 6.66. The molecule has 0 aliphatic rings. The van der Waals surface area contributed by atoms with Crippen molar-refractivity contribution in [3.63, 3.8) is 0 Å². The van der Waals surface area contributed by atoms with Gasteiger partial charge < -0.3 is 5.32 Å². The van der Waals surface area contributed by atoms with E-state index in [2.05, 4.69) is 5.32 Å². The van der Waals surface area contributed by atoms with Crippen LogP contribution in [0.1, 0.15) is 22.7 Å². The van der Waals surface area contributed by atoms with Gasteiger partial charge in [-0.1, -0.05) is 29.3 Å². The Bertz CT molecular complexity index is 578. The van der Waals surface area contributed by atoms with E-state index >= 15 is 0 Å². The Morgan fingerprint density at radius 1 is 1.05 bits per heavy atom. The number of rotatable bonds is 3. The van der Waals surface area contributed by atoms with Gasteiger partial charge in [0.2, 0.25) is 0 Å². The van der Waals surface area contributed by atoms with Gasteiger partial charge in [-0.3, -0.25) is 0 Å². The van der Waals surface area contributed by atoms with E-state index in [-0.39, 0.29) is 11.9 Å². The highest BCUT2D eigenvalue weighted by atomic mass is 35.5. The normalized spacial score (nSPS) is 12.5. The number of halogens is 3. The minimum Gasteiger partial charge on any atom is -0.309 e. The molecule has 2 rings (SSSR count). The van der Waals surface area contributed by atoms with Gasteiger partial charge in [-0.05, 0) is 61.0 Å². The summed E-state index contributed by atoms with van der Waals surface area (Å²) in [6.45, 7) is 1.95. The second-order valence-electron chi connectivity index (χ2n) is 4.43. The lowest BCUT2D eigenvalue weighted by atomic mass is 9.95. The Hall–Kier alpha value is -1.09. The SMILES string of the molecule is CNC(c1cc(Cl)cc(Cl)c1)c1cc(F)ccc1C. The monoisotopic (exact) mass is 297 g/mol. The Labute approximate surface area is 122 Å². The van der Waals surface area contributed by atoms with E-state index in [0.717, 1.165) is 16.7 Å². The van der Waals surface area contributed by atoms with Crippen molar-refractivity contribution in [1.82, 2.24) is 5.32 Å². The van der Waals surface area contributed by atoms with Crippen molar-refractivity contribution in [3.05, 3.63) is 69.0 Å². The van der Waals surface area contributed by atoms with Crippen molar-refractivity contribution >= 4 is 23.2 Å². The molecule has 1 N–H and O–H groups in total. The molecule has 0 aliphatic carbocycles. The standard InChI is InChI=1S/C15H14Cl2FN/c1-9-3-4-13(18)8-14(9)15(19-2)10-5-11(16)7-12(17)6-10/h3-8,15,19H,1-2H3. The van der Waals surface area contributed by atoms with E-state index in [4.69, 9.17) is 23.2 Å². The number of aryl methyl sites for hydroxylation is 1. The summed E-state index contributed by atoms with van der Waals surface area (Å²) < 4.78 is 13.4. The molecular weight excluding hydrogens is 284 g/mol. The summed E-state index contributed by atoms with van der Waals surface area (Å²) in [6, 6.07) is 9.95. The molecule has 19 heavy (non-hydrogen) atoms. The van der Waals surface area contributed by atoms with Gasteiger partial charge in [0.1, 0.15) is 5.82 Å². The van der Waals surface area contributed by atoms with Crippen LogP contribution in [0.5, 0.6) is 0 Å². The van der Waals surface area contributed by atoms with Crippen LogP contribution in [0.15, 0.2) is 36.4 Å². The van der Waals surface area contributed by atoms with Crippen LogP contribution in [0, 0.1) is 12.7 Å². The van der Waals surface area contributed by atoms with Crippen molar-refractivity contribution in [2.24, 2.45) is 0 Å². The van der Waals surface area contributed by atoms with Crippen LogP contribution in [0.25, 0.3) is 0 Å². The maximum atomic E-state index is 13.4. The maximum absolute atomic E-state index is 13.4. The zero-order chi connectivity index (χ0) is 14.0. The third-order valence-corrected chi connectivity index (χ3v) is 3.50. The third-order valence-electron chi connectivity index (χ3n) is 3.06. The number of hydrogen-bond acceptors (Lipinski definition) is 1. The first-order chi connectivity index (χ1) is 9.01. The lowest BCUT2D eigenvalue weighted by Crippen LogP contribution is -2.19. The lowest BCUT2D eigenvalue weighted by molar-refractivity contribution is 0.615. The van der Waals surface area contributed by atoms with Crippen LogP contribution in [0.2, 0.25) is 10.0 Å². The summed E-state index contributed by atoms with van der Waals surface area (Å²) in [7, 11) is 1.82. The molecule has 0 saturated heterocycles. The van der Waals surface area contributed by atoms with E-state index < -0.39 is 0 Å². The molecular formula is C15H14Cl2FN. The Morgan fingerprint density at radius 3 is 2.26 bits per heavy atom. The molecule has 0 spiro atoms. The molecule has 2 aromatic rings. The van der Waals surface area contributed by atoms with Crippen LogP contribution in [0.4, 0.5) is 4.39 Å². The third kappa shape index (κ3) is 3.27. The highest BCUT2D eigenvalue weighted by molar-refractivity contribution is 6.34. The molecule has 0 fully saturated rings. The summed E-state index contributed by atoms with van der Waals surface area (Å²) >= 11 is 12.0. The number of benzene rings is 2. The van der Waals surface area contributed by atoms with Crippen LogP contribution in [-0.2, 0) is 0 Å². The van der Waals surface area contributed by atoms with E-state index in [9.17, 15) is 4.39 Å². The molecule has 1 unspecified atom stereocenters. The Balaban J connectivity index is 2.52. The maximum Gasteiger partial charge on any atom is 0.123 e. The summed E-state index contributed by atoms with van der Waals surface area (Å²) in [5.74, 6) is -0.256. The zero-order valence-electron chi connectivity index (χ0n) is 10.7. The molecule has 100 valence electrons. The van der Waals surface area contributed by atoms with Crippen LogP contribution in [-0.4, -0.2) is 7.05 Å². The molecule has 0 aliphatic heterocycles. The van der Waals surface area contributed by atoms with E-state index in [1.54, 1.807) is 12.1 Å². The molecule has 1 nitrogen and oxygen atoms in total. The predicted octanol–water partition coefficient (Wildman–Crippen LogP) is 4.75. The number of hydrogen-bond donors (Lipinski definition) is 1. The van der Waals surface area contributed by atoms with Crippen molar-refractivity contribution in [3.8, 4) is 0 Å². The second kappa shape index (κ2) is 5.91. The lowest BCUT2D eigenvalue weighted by Gasteiger charge is -2.20. The molecule has 4 heteroatoms. The van der Waals surface area contributed by atoms with Gasteiger partial charge in [-0.2, -0.15) is 0 Å². The highest BCUT2D eigenvalue weighted by Gasteiger charge is 2.16. The fourth-order valence-electron chi connectivity index (χ4n) is 2.17. The number of nitrogens with one attached hydrogen (secondary N) is 1. The predicted molar refractivity (Wildman–Crippen MR) is 78.5 cm³/mol. The van der Waals surface area contributed by atoms with Gasteiger partial charge in [0.05, 0.1) is 6.04 Å². The Morgan fingerprint density at radius 2 is 1.68 bits per heavy atom. The van der Waals surface area contributed by atoms with Gasteiger partial charge in [-0.25, -0.2) is 4.39 Å². The largest absolute Gasteiger partial charge is 0.309 e. The van der Waals surface area contributed by atoms with Crippen LogP contribution >= 0.6 is 23.2 Å². The van der Waals surface area contributed by atoms with Gasteiger partial charge >= 0.3 is 0 Å². The van der Waals surface area contributed by atoms with Crippen molar-refractivity contribution in [1.29, 1.82) is 0 Å². The highest BCUT2D eigenvalue weighted by Crippen LogP contribution is 2.29. The average Bonchev–Trinajstić information content (AvgIpc) is 2.33. The first-order valence-electron chi connectivity index (χ1n) is 5.90. The minimum atomic E-state index is -0.256. The molecule has 1 atom stereocenters. The van der Waals surface area contributed by atoms with Crippen LogP contribution < -0.4 is 5.32 Å². The zero-order valence-corrected chi connectivity index (χ0v) is 12.2. The summed E-state index contributed by atoms with van der Waals surface area (Å²) in [5.41, 5.74) is 2.80. The molecule has 0 heterocycles. The quantitative estimate of drug-likeness (QED) is 0.862. The fourth-order valence-corrected chi connectivity index (χ4v) is 2.71. The molecule has 0 amide bonds. The molecule has 0 radical (unpaired) electrons. The summed E-state index contributed by atoms with van der Waals surface area (Å²) in [5, 5.41) is 4.31. The van der Waals surface area contributed by atoms with Gasteiger partial charge in [0, 0.05) is 10.0 Å². The molecule has 0 bridgehead atoms.